The van der Waals surface area contributed by atoms with Crippen molar-refractivity contribution in [1.82, 2.24) is 15.1 Å². The number of amides is 1. The fourth-order valence-corrected chi connectivity index (χ4v) is 2.66. The average molecular weight is 411 g/mol. The average Bonchev–Trinajstić information content (AvgIpc) is 2.71. The molecule has 0 aliphatic rings. The molecule has 152 valence electrons. The minimum Gasteiger partial charge on any atom is -0.340 e. The fraction of sp³-hybridized carbons (Fsp3) is 0.136. The predicted molar refractivity (Wildman–Crippen MR) is 105 cm³/mol. The molecule has 0 radical (unpaired) electrons. The van der Waals surface area contributed by atoms with Crippen molar-refractivity contribution in [3.63, 3.8) is 0 Å². The molecular weight excluding hydrogens is 395 g/mol. The van der Waals surface area contributed by atoms with E-state index < -0.39 is 28.8 Å². The second-order valence-electron chi connectivity index (χ2n) is 6.31. The van der Waals surface area contributed by atoms with E-state index >= 15 is 0 Å². The SMILES string of the molecule is Cc1cc(=O)c(C(=O)NCC#Cc2ccccc2)nn1-c1cccc(C(F)(F)F)c1. The molecular formula is C22H16F3N3O2. The second kappa shape index (κ2) is 8.66. The number of benzene rings is 2. The molecule has 0 unspecified atom stereocenters. The minimum atomic E-state index is -4.53. The van der Waals surface area contributed by atoms with Gasteiger partial charge in [0.15, 0.2) is 5.69 Å². The quantitative estimate of drug-likeness (QED) is 0.673. The summed E-state index contributed by atoms with van der Waals surface area (Å²) in [4.78, 5) is 24.6. The van der Waals surface area contributed by atoms with Crippen LogP contribution in [0.15, 0.2) is 65.5 Å². The number of hydrogen-bond acceptors (Lipinski definition) is 3. The lowest BCUT2D eigenvalue weighted by molar-refractivity contribution is -0.137. The highest BCUT2D eigenvalue weighted by Crippen LogP contribution is 2.30. The number of nitrogens with zero attached hydrogens (tertiary/aromatic N) is 2. The number of alkyl halides is 3. The van der Waals surface area contributed by atoms with Crippen molar-refractivity contribution >= 4 is 5.91 Å². The Kier molecular flexibility index (Phi) is 6.02. The van der Waals surface area contributed by atoms with Crippen LogP contribution in [0, 0.1) is 18.8 Å². The summed E-state index contributed by atoms with van der Waals surface area (Å²) in [5.41, 5.74) is -0.780. The summed E-state index contributed by atoms with van der Waals surface area (Å²) in [7, 11) is 0. The molecule has 0 aliphatic heterocycles. The molecule has 0 atom stereocenters. The Labute approximate surface area is 170 Å². The van der Waals surface area contributed by atoms with Crippen LogP contribution in [0.2, 0.25) is 0 Å². The van der Waals surface area contributed by atoms with E-state index in [1.807, 2.05) is 30.3 Å². The van der Waals surface area contributed by atoms with Gasteiger partial charge in [-0.2, -0.15) is 18.3 Å². The summed E-state index contributed by atoms with van der Waals surface area (Å²) >= 11 is 0. The maximum atomic E-state index is 13.0. The zero-order valence-electron chi connectivity index (χ0n) is 15.8. The van der Waals surface area contributed by atoms with Crippen molar-refractivity contribution in [1.29, 1.82) is 0 Å². The third-order valence-corrected chi connectivity index (χ3v) is 4.08. The number of carbonyl (C=O) groups is 1. The highest BCUT2D eigenvalue weighted by molar-refractivity contribution is 5.92. The number of carbonyl (C=O) groups excluding carboxylic acids is 1. The summed E-state index contributed by atoms with van der Waals surface area (Å²) in [6.07, 6.45) is -4.53. The first-order chi connectivity index (χ1) is 14.3. The maximum absolute atomic E-state index is 13.0. The number of nitrogens with one attached hydrogen (secondary N) is 1. The third-order valence-electron chi connectivity index (χ3n) is 4.08. The maximum Gasteiger partial charge on any atom is 0.416 e. The Bertz CT molecular complexity index is 1190. The first-order valence-corrected chi connectivity index (χ1v) is 8.86. The van der Waals surface area contributed by atoms with Gasteiger partial charge in [0.05, 0.1) is 17.8 Å². The van der Waals surface area contributed by atoms with Crippen molar-refractivity contribution in [3.05, 3.63) is 93.4 Å². The molecule has 1 aromatic heterocycles. The standard InChI is InChI=1S/C22H16F3N3O2/c1-15-13-19(29)20(21(30)26-12-6-9-16-7-3-2-4-8-16)27-28(15)18-11-5-10-17(14-18)22(23,24)25/h2-5,7-8,10-11,13-14H,12H2,1H3,(H,26,30). The Morgan fingerprint density at radius 3 is 2.53 bits per heavy atom. The van der Waals surface area contributed by atoms with E-state index in [4.69, 9.17) is 0 Å². The van der Waals surface area contributed by atoms with E-state index in [1.165, 1.54) is 19.1 Å². The molecule has 0 aliphatic carbocycles. The molecule has 0 fully saturated rings. The smallest absolute Gasteiger partial charge is 0.340 e. The van der Waals surface area contributed by atoms with E-state index in [2.05, 4.69) is 22.3 Å². The van der Waals surface area contributed by atoms with Crippen LogP contribution in [0.4, 0.5) is 13.2 Å². The van der Waals surface area contributed by atoms with Gasteiger partial charge in [0.25, 0.3) is 5.91 Å². The molecule has 1 N–H and O–H groups in total. The number of aryl methyl sites for hydroxylation is 1. The summed E-state index contributed by atoms with van der Waals surface area (Å²) in [6, 6.07) is 14.8. The van der Waals surface area contributed by atoms with Gasteiger partial charge in [-0.1, -0.05) is 36.1 Å². The van der Waals surface area contributed by atoms with E-state index in [1.54, 1.807) is 0 Å². The first-order valence-electron chi connectivity index (χ1n) is 8.86. The molecule has 3 rings (SSSR count). The second-order valence-corrected chi connectivity index (χ2v) is 6.31. The van der Waals surface area contributed by atoms with Crippen LogP contribution < -0.4 is 10.7 Å². The Morgan fingerprint density at radius 2 is 1.83 bits per heavy atom. The monoisotopic (exact) mass is 411 g/mol. The van der Waals surface area contributed by atoms with Gasteiger partial charge in [-0.25, -0.2) is 4.68 Å². The number of rotatable bonds is 3. The summed E-state index contributed by atoms with van der Waals surface area (Å²) in [6.45, 7) is 1.49. The van der Waals surface area contributed by atoms with Gasteiger partial charge in [0.1, 0.15) is 0 Å². The van der Waals surface area contributed by atoms with Crippen LogP contribution in [0.25, 0.3) is 5.69 Å². The molecule has 8 heteroatoms. The lowest BCUT2D eigenvalue weighted by atomic mass is 10.2. The van der Waals surface area contributed by atoms with Crippen LogP contribution >= 0.6 is 0 Å². The van der Waals surface area contributed by atoms with Gasteiger partial charge < -0.3 is 5.32 Å². The van der Waals surface area contributed by atoms with Crippen molar-refractivity contribution < 1.29 is 18.0 Å². The van der Waals surface area contributed by atoms with Crippen molar-refractivity contribution in [3.8, 4) is 17.5 Å². The van der Waals surface area contributed by atoms with Crippen LogP contribution in [-0.2, 0) is 6.18 Å². The van der Waals surface area contributed by atoms with Crippen LogP contribution in [0.1, 0.15) is 27.3 Å². The van der Waals surface area contributed by atoms with E-state index in [0.717, 1.165) is 28.4 Å². The number of hydrogen-bond donors (Lipinski definition) is 1. The van der Waals surface area contributed by atoms with Crippen LogP contribution in [-0.4, -0.2) is 22.2 Å². The minimum absolute atomic E-state index is 0.0215. The van der Waals surface area contributed by atoms with Gasteiger partial charge >= 0.3 is 6.18 Å². The number of halogens is 3. The normalized spacial score (nSPS) is 10.8. The van der Waals surface area contributed by atoms with Gasteiger partial charge in [0, 0.05) is 17.3 Å². The highest BCUT2D eigenvalue weighted by Gasteiger charge is 2.30. The van der Waals surface area contributed by atoms with E-state index in [0.29, 0.717) is 5.69 Å². The van der Waals surface area contributed by atoms with Gasteiger partial charge in [-0.15, -0.1) is 0 Å². The molecule has 0 saturated carbocycles. The number of aromatic nitrogens is 2. The van der Waals surface area contributed by atoms with E-state index in [-0.39, 0.29) is 12.2 Å². The summed E-state index contributed by atoms with van der Waals surface area (Å²) in [5.74, 6) is 4.86. The largest absolute Gasteiger partial charge is 0.416 e. The molecule has 2 aromatic carbocycles. The Morgan fingerprint density at radius 1 is 1.10 bits per heavy atom. The summed E-state index contributed by atoms with van der Waals surface area (Å²) in [5, 5.41) is 6.45. The van der Waals surface area contributed by atoms with Crippen molar-refractivity contribution in [2.45, 2.75) is 13.1 Å². The highest BCUT2D eigenvalue weighted by atomic mass is 19.4. The van der Waals surface area contributed by atoms with Crippen LogP contribution in [0.5, 0.6) is 0 Å². The van der Waals surface area contributed by atoms with Gasteiger partial charge in [-0.05, 0) is 37.3 Å². The molecule has 3 aromatic rings. The molecule has 1 amide bonds. The van der Waals surface area contributed by atoms with E-state index in [9.17, 15) is 22.8 Å². The molecule has 5 nitrogen and oxygen atoms in total. The topological polar surface area (TPSA) is 64.0 Å². The Hall–Kier alpha value is -3.86. The lowest BCUT2D eigenvalue weighted by Crippen LogP contribution is -2.32. The summed E-state index contributed by atoms with van der Waals surface area (Å²) < 4.78 is 40.1. The van der Waals surface area contributed by atoms with Gasteiger partial charge in [0.2, 0.25) is 5.43 Å². The lowest BCUT2D eigenvalue weighted by Gasteiger charge is -2.13. The predicted octanol–water partition coefficient (Wildman–Crippen LogP) is 3.34. The zero-order chi connectivity index (χ0) is 21.7. The third kappa shape index (κ3) is 4.94. The van der Waals surface area contributed by atoms with Crippen LogP contribution in [0.3, 0.4) is 0 Å². The molecule has 0 saturated heterocycles. The van der Waals surface area contributed by atoms with Gasteiger partial charge in [-0.3, -0.25) is 9.59 Å². The Balaban J connectivity index is 1.84. The fourth-order valence-electron chi connectivity index (χ4n) is 2.66. The molecule has 0 bridgehead atoms. The molecule has 1 heterocycles. The molecule has 30 heavy (non-hydrogen) atoms. The first kappa shape index (κ1) is 20.9. The zero-order valence-corrected chi connectivity index (χ0v) is 15.8. The van der Waals surface area contributed by atoms with Crippen molar-refractivity contribution in [2.24, 2.45) is 0 Å². The van der Waals surface area contributed by atoms with Crippen molar-refractivity contribution in [2.75, 3.05) is 6.54 Å². The molecule has 0 spiro atoms.